The number of imide groups is 1. The van der Waals surface area contributed by atoms with Crippen LogP contribution in [0.4, 0.5) is 4.79 Å². The molecule has 3 rings (SSSR count). The predicted octanol–water partition coefficient (Wildman–Crippen LogP) is 3.66. The number of hydrogen-bond acceptors (Lipinski definition) is 6. The van der Waals surface area contributed by atoms with Crippen molar-refractivity contribution in [3.05, 3.63) is 71.3 Å². The molecule has 2 atom stereocenters. The normalized spacial score (nSPS) is 14.6. The van der Waals surface area contributed by atoms with Crippen LogP contribution in [0.2, 0.25) is 0 Å². The van der Waals surface area contributed by atoms with Crippen molar-refractivity contribution in [2.75, 3.05) is 0 Å². The quantitative estimate of drug-likeness (QED) is 0.479. The van der Waals surface area contributed by atoms with Gasteiger partial charge in [-0.05, 0) is 50.8 Å². The average Bonchev–Trinajstić information content (AvgIpc) is 3.08. The maximum absolute atomic E-state index is 13.7. The van der Waals surface area contributed by atoms with Gasteiger partial charge >= 0.3 is 12.1 Å². The third-order valence-electron chi connectivity index (χ3n) is 5.76. The maximum Gasteiger partial charge on any atom is 0.430 e. The number of benzene rings is 2. The SMILES string of the molecule is CC(C)C[C@H](NC(=O)[C@H](Cc1ccccc1)N(C(=O)OC(C)(C)C)N1C(=O)c2ccccc2C1=O)C(=O)O. The van der Waals surface area contributed by atoms with Crippen molar-refractivity contribution in [2.45, 2.75) is 65.1 Å². The fourth-order valence-electron chi connectivity index (χ4n) is 4.12. The molecular weight excluding hydrogens is 490 g/mol. The second-order valence-electron chi connectivity index (χ2n) is 10.5. The number of ether oxygens (including phenoxy) is 1. The molecule has 2 N–H and O–H groups in total. The largest absolute Gasteiger partial charge is 0.480 e. The molecule has 2 aromatic rings. The van der Waals surface area contributed by atoms with Gasteiger partial charge in [0.25, 0.3) is 11.8 Å². The Labute approximate surface area is 221 Å². The van der Waals surface area contributed by atoms with E-state index >= 15 is 0 Å². The van der Waals surface area contributed by atoms with E-state index in [4.69, 9.17) is 4.74 Å². The molecule has 0 aliphatic carbocycles. The van der Waals surface area contributed by atoms with Gasteiger partial charge in [-0.15, -0.1) is 0 Å². The molecule has 10 heteroatoms. The van der Waals surface area contributed by atoms with Crippen LogP contribution in [0.3, 0.4) is 0 Å². The summed E-state index contributed by atoms with van der Waals surface area (Å²) in [6.45, 7) is 8.47. The number of carboxylic acids is 1. The summed E-state index contributed by atoms with van der Waals surface area (Å²) in [5.74, 6) is -3.72. The third-order valence-corrected chi connectivity index (χ3v) is 5.76. The minimum atomic E-state index is -1.48. The first-order valence-corrected chi connectivity index (χ1v) is 12.4. The number of hydrazine groups is 1. The van der Waals surface area contributed by atoms with Crippen LogP contribution in [0, 0.1) is 5.92 Å². The summed E-state index contributed by atoms with van der Waals surface area (Å²) in [4.78, 5) is 66.0. The molecule has 38 heavy (non-hydrogen) atoms. The fourth-order valence-corrected chi connectivity index (χ4v) is 4.12. The lowest BCUT2D eigenvalue weighted by atomic mass is 10.0. The molecule has 0 saturated carbocycles. The van der Waals surface area contributed by atoms with E-state index in [0.717, 1.165) is 0 Å². The van der Waals surface area contributed by atoms with Crippen molar-refractivity contribution < 1.29 is 33.8 Å². The monoisotopic (exact) mass is 523 g/mol. The lowest BCUT2D eigenvalue weighted by molar-refractivity contribution is -0.144. The number of hydrogen-bond donors (Lipinski definition) is 2. The van der Waals surface area contributed by atoms with Gasteiger partial charge in [-0.1, -0.05) is 56.3 Å². The van der Waals surface area contributed by atoms with Gasteiger partial charge in [0.2, 0.25) is 5.91 Å². The van der Waals surface area contributed by atoms with Gasteiger partial charge in [-0.3, -0.25) is 14.4 Å². The number of fused-ring (bicyclic) bond motifs is 1. The van der Waals surface area contributed by atoms with Crippen LogP contribution in [0.25, 0.3) is 0 Å². The van der Waals surface area contributed by atoms with Crippen molar-refractivity contribution in [2.24, 2.45) is 5.92 Å². The van der Waals surface area contributed by atoms with Crippen molar-refractivity contribution in [1.29, 1.82) is 0 Å². The van der Waals surface area contributed by atoms with E-state index < -0.39 is 47.5 Å². The van der Waals surface area contributed by atoms with Crippen molar-refractivity contribution >= 4 is 29.8 Å². The summed E-state index contributed by atoms with van der Waals surface area (Å²) in [6.07, 6.45) is -1.08. The zero-order valence-corrected chi connectivity index (χ0v) is 22.1. The molecule has 0 aromatic heterocycles. The second-order valence-corrected chi connectivity index (χ2v) is 10.5. The zero-order chi connectivity index (χ0) is 28.2. The molecular formula is C28H33N3O7. The molecule has 0 fully saturated rings. The van der Waals surface area contributed by atoms with E-state index in [1.807, 2.05) is 13.8 Å². The summed E-state index contributed by atoms with van der Waals surface area (Å²) in [5, 5.41) is 13.6. The van der Waals surface area contributed by atoms with Gasteiger partial charge in [0.05, 0.1) is 11.1 Å². The number of nitrogens with one attached hydrogen (secondary N) is 1. The Morgan fingerprint density at radius 3 is 1.95 bits per heavy atom. The number of carbonyl (C=O) groups is 5. The third kappa shape index (κ3) is 6.56. The van der Waals surface area contributed by atoms with E-state index in [1.54, 1.807) is 63.2 Å². The van der Waals surface area contributed by atoms with Crippen molar-refractivity contribution in [3.63, 3.8) is 0 Å². The molecule has 1 aliphatic heterocycles. The predicted molar refractivity (Wildman–Crippen MR) is 138 cm³/mol. The van der Waals surface area contributed by atoms with Gasteiger partial charge in [-0.25, -0.2) is 9.59 Å². The highest BCUT2D eigenvalue weighted by molar-refractivity contribution is 6.21. The van der Waals surface area contributed by atoms with Gasteiger partial charge < -0.3 is 15.2 Å². The Kier molecular flexibility index (Phi) is 8.55. The highest BCUT2D eigenvalue weighted by Gasteiger charge is 2.47. The molecule has 0 unspecified atom stereocenters. The highest BCUT2D eigenvalue weighted by Crippen LogP contribution is 2.28. The maximum atomic E-state index is 13.7. The Bertz CT molecular complexity index is 1190. The standard InChI is InChI=1S/C28H33N3O7/c1-17(2)15-21(26(35)36)29-23(32)22(16-18-11-7-6-8-12-18)30(27(37)38-28(3,4)5)31-24(33)19-13-9-10-14-20(19)25(31)34/h6-14,17,21-22H,15-16H2,1-5H3,(H,29,32)(H,35,36)/t21-,22-/m0/s1. The molecule has 0 spiro atoms. The van der Waals surface area contributed by atoms with E-state index in [2.05, 4.69) is 5.32 Å². The van der Waals surface area contributed by atoms with Crippen molar-refractivity contribution in [3.8, 4) is 0 Å². The Hall–Kier alpha value is -4.21. The Morgan fingerprint density at radius 1 is 0.947 bits per heavy atom. The molecule has 4 amide bonds. The molecule has 10 nitrogen and oxygen atoms in total. The lowest BCUT2D eigenvalue weighted by Crippen LogP contribution is -2.62. The first-order chi connectivity index (χ1) is 17.8. The van der Waals surface area contributed by atoms with Crippen LogP contribution in [0.1, 0.15) is 67.3 Å². The van der Waals surface area contributed by atoms with Crippen LogP contribution >= 0.6 is 0 Å². The molecule has 202 valence electrons. The van der Waals surface area contributed by atoms with Crippen LogP contribution in [-0.2, 0) is 20.7 Å². The van der Waals surface area contributed by atoms with E-state index in [-0.39, 0.29) is 29.9 Å². The molecule has 0 bridgehead atoms. The highest BCUT2D eigenvalue weighted by atomic mass is 16.6. The van der Waals surface area contributed by atoms with Gasteiger partial charge in [0, 0.05) is 6.42 Å². The van der Waals surface area contributed by atoms with Crippen LogP contribution in [0.5, 0.6) is 0 Å². The van der Waals surface area contributed by atoms with Crippen LogP contribution < -0.4 is 5.32 Å². The first-order valence-electron chi connectivity index (χ1n) is 12.4. The number of amides is 4. The number of carbonyl (C=O) groups excluding carboxylic acids is 4. The Balaban J connectivity index is 2.11. The molecule has 2 aromatic carbocycles. The summed E-state index contributed by atoms with van der Waals surface area (Å²) in [5.41, 5.74) is -0.252. The smallest absolute Gasteiger partial charge is 0.430 e. The summed E-state index contributed by atoms with van der Waals surface area (Å²) < 4.78 is 5.54. The van der Waals surface area contributed by atoms with Gasteiger partial charge in [-0.2, -0.15) is 10.0 Å². The molecule has 0 saturated heterocycles. The molecule has 1 heterocycles. The topological polar surface area (TPSA) is 133 Å². The van der Waals surface area contributed by atoms with Gasteiger partial charge in [0.15, 0.2) is 0 Å². The first kappa shape index (κ1) is 28.4. The minimum absolute atomic E-state index is 0.0535. The lowest BCUT2D eigenvalue weighted by Gasteiger charge is -2.37. The van der Waals surface area contributed by atoms with Crippen LogP contribution in [0.15, 0.2) is 54.6 Å². The average molecular weight is 524 g/mol. The van der Waals surface area contributed by atoms with E-state index in [0.29, 0.717) is 15.6 Å². The summed E-state index contributed by atoms with van der Waals surface area (Å²) in [6, 6.07) is 12.1. The van der Waals surface area contributed by atoms with E-state index in [9.17, 15) is 29.1 Å². The fraction of sp³-hybridized carbons (Fsp3) is 0.393. The summed E-state index contributed by atoms with van der Waals surface area (Å²) >= 11 is 0. The molecule has 0 radical (unpaired) electrons. The Morgan fingerprint density at radius 2 is 1.47 bits per heavy atom. The number of aliphatic carboxylic acids is 1. The number of nitrogens with zero attached hydrogens (tertiary/aromatic N) is 2. The number of carboxylic acid groups (broad SMARTS) is 1. The van der Waals surface area contributed by atoms with Crippen molar-refractivity contribution in [1.82, 2.24) is 15.3 Å². The van der Waals surface area contributed by atoms with E-state index in [1.165, 1.54) is 12.1 Å². The second kappa shape index (κ2) is 11.5. The van der Waals surface area contributed by atoms with Crippen LogP contribution in [-0.4, -0.2) is 62.6 Å². The zero-order valence-electron chi connectivity index (χ0n) is 22.1. The summed E-state index contributed by atoms with van der Waals surface area (Å²) in [7, 11) is 0. The molecule has 1 aliphatic rings. The number of rotatable bonds is 9. The minimum Gasteiger partial charge on any atom is -0.480 e. The van der Waals surface area contributed by atoms with Gasteiger partial charge in [0.1, 0.15) is 17.7 Å².